The normalized spacial score (nSPS) is 10.0. The summed E-state index contributed by atoms with van der Waals surface area (Å²) < 4.78 is 4.63. The number of esters is 1. The number of carbonyl (C=O) groups excluding carboxylic acids is 2. The number of methoxy groups -OCH3 is 1. The van der Waals surface area contributed by atoms with E-state index >= 15 is 0 Å². The van der Waals surface area contributed by atoms with Crippen LogP contribution in [0.1, 0.15) is 22.3 Å². The molecule has 2 aromatic carbocycles. The zero-order chi connectivity index (χ0) is 16.7. The first-order chi connectivity index (χ1) is 11.1. The van der Waals surface area contributed by atoms with Crippen LogP contribution in [-0.4, -0.2) is 25.5 Å². The van der Waals surface area contributed by atoms with Gasteiger partial charge in [-0.1, -0.05) is 12.1 Å². The van der Waals surface area contributed by atoms with Crippen LogP contribution in [0, 0.1) is 6.92 Å². The van der Waals surface area contributed by atoms with Crippen LogP contribution in [0.3, 0.4) is 0 Å². The predicted octanol–water partition coefficient (Wildman–Crippen LogP) is 3.22. The van der Waals surface area contributed by atoms with E-state index in [-0.39, 0.29) is 5.91 Å². The SMILES string of the molecule is COC(=O)c1ccc(NC(=O)CCNc2cccc(C)c2)cc1. The van der Waals surface area contributed by atoms with Crippen LogP contribution in [-0.2, 0) is 9.53 Å². The van der Waals surface area contributed by atoms with E-state index in [1.54, 1.807) is 24.3 Å². The van der Waals surface area contributed by atoms with Gasteiger partial charge in [-0.15, -0.1) is 0 Å². The molecule has 0 heterocycles. The molecular weight excluding hydrogens is 292 g/mol. The van der Waals surface area contributed by atoms with E-state index in [4.69, 9.17) is 0 Å². The van der Waals surface area contributed by atoms with Gasteiger partial charge in [-0.25, -0.2) is 4.79 Å². The van der Waals surface area contributed by atoms with E-state index in [1.807, 2.05) is 31.2 Å². The Hall–Kier alpha value is -2.82. The van der Waals surface area contributed by atoms with Crippen LogP contribution in [0.25, 0.3) is 0 Å². The summed E-state index contributed by atoms with van der Waals surface area (Å²) in [5.74, 6) is -0.485. The van der Waals surface area contributed by atoms with E-state index in [0.717, 1.165) is 5.69 Å². The number of hydrogen-bond donors (Lipinski definition) is 2. The molecule has 5 heteroatoms. The molecule has 0 bridgehead atoms. The van der Waals surface area contributed by atoms with Crippen LogP contribution in [0.2, 0.25) is 0 Å². The molecule has 0 aliphatic rings. The minimum Gasteiger partial charge on any atom is -0.465 e. The highest BCUT2D eigenvalue weighted by Crippen LogP contribution is 2.12. The second kappa shape index (κ2) is 7.98. The molecule has 0 unspecified atom stereocenters. The maximum atomic E-state index is 11.9. The minimum atomic E-state index is -0.398. The van der Waals surface area contributed by atoms with Crippen molar-refractivity contribution in [3.8, 4) is 0 Å². The molecule has 120 valence electrons. The lowest BCUT2D eigenvalue weighted by Crippen LogP contribution is -2.16. The van der Waals surface area contributed by atoms with Gasteiger partial charge in [-0.3, -0.25) is 4.79 Å². The first kappa shape index (κ1) is 16.5. The molecule has 0 atom stereocenters. The summed E-state index contributed by atoms with van der Waals surface area (Å²) in [5, 5.41) is 6.00. The highest BCUT2D eigenvalue weighted by Gasteiger charge is 2.06. The first-order valence-electron chi connectivity index (χ1n) is 7.37. The summed E-state index contributed by atoms with van der Waals surface area (Å²) in [5.41, 5.74) is 3.27. The predicted molar refractivity (Wildman–Crippen MR) is 90.7 cm³/mol. The number of carbonyl (C=O) groups is 2. The van der Waals surface area contributed by atoms with Crippen LogP contribution >= 0.6 is 0 Å². The van der Waals surface area contributed by atoms with Gasteiger partial charge in [-0.2, -0.15) is 0 Å². The molecule has 0 aliphatic heterocycles. The van der Waals surface area contributed by atoms with Gasteiger partial charge < -0.3 is 15.4 Å². The standard InChI is InChI=1S/C18H20N2O3/c1-13-4-3-5-16(12-13)19-11-10-17(21)20-15-8-6-14(7-9-15)18(22)23-2/h3-9,12,19H,10-11H2,1-2H3,(H,20,21). The van der Waals surface area contributed by atoms with Gasteiger partial charge in [0.2, 0.25) is 5.91 Å². The maximum Gasteiger partial charge on any atom is 0.337 e. The Morgan fingerprint density at radius 3 is 2.43 bits per heavy atom. The molecule has 2 aromatic rings. The highest BCUT2D eigenvalue weighted by molar-refractivity contribution is 5.93. The van der Waals surface area contributed by atoms with Gasteiger partial charge in [0, 0.05) is 24.3 Å². The van der Waals surface area contributed by atoms with Crippen molar-refractivity contribution in [2.75, 3.05) is 24.3 Å². The fourth-order valence-corrected chi connectivity index (χ4v) is 2.11. The average Bonchev–Trinajstić information content (AvgIpc) is 2.55. The molecular formula is C18H20N2O3. The Kier molecular flexibility index (Phi) is 5.74. The summed E-state index contributed by atoms with van der Waals surface area (Å²) in [7, 11) is 1.33. The lowest BCUT2D eigenvalue weighted by atomic mass is 10.2. The zero-order valence-corrected chi connectivity index (χ0v) is 13.3. The number of nitrogens with one attached hydrogen (secondary N) is 2. The summed E-state index contributed by atoms with van der Waals surface area (Å²) >= 11 is 0. The quantitative estimate of drug-likeness (QED) is 0.804. The molecule has 0 saturated carbocycles. The molecule has 0 radical (unpaired) electrons. The number of amides is 1. The number of ether oxygens (including phenoxy) is 1. The van der Waals surface area contributed by atoms with Gasteiger partial charge in [0.15, 0.2) is 0 Å². The Bertz CT molecular complexity index is 681. The van der Waals surface area contributed by atoms with Gasteiger partial charge >= 0.3 is 5.97 Å². The maximum absolute atomic E-state index is 11.9. The van der Waals surface area contributed by atoms with Crippen molar-refractivity contribution in [2.24, 2.45) is 0 Å². The van der Waals surface area contributed by atoms with Crippen molar-refractivity contribution in [1.29, 1.82) is 0 Å². The Balaban J connectivity index is 1.79. The van der Waals surface area contributed by atoms with Crippen LogP contribution < -0.4 is 10.6 Å². The van der Waals surface area contributed by atoms with E-state index in [1.165, 1.54) is 12.7 Å². The van der Waals surface area contributed by atoms with E-state index in [0.29, 0.717) is 24.2 Å². The summed E-state index contributed by atoms with van der Waals surface area (Å²) in [6, 6.07) is 14.6. The lowest BCUT2D eigenvalue weighted by molar-refractivity contribution is -0.115. The van der Waals surface area contributed by atoms with E-state index in [2.05, 4.69) is 15.4 Å². The van der Waals surface area contributed by atoms with Crippen molar-refractivity contribution in [2.45, 2.75) is 13.3 Å². The number of aryl methyl sites for hydroxylation is 1. The Labute approximate surface area is 135 Å². The zero-order valence-electron chi connectivity index (χ0n) is 13.3. The van der Waals surface area contributed by atoms with Crippen molar-refractivity contribution < 1.29 is 14.3 Å². The Morgan fingerprint density at radius 1 is 1.04 bits per heavy atom. The highest BCUT2D eigenvalue weighted by atomic mass is 16.5. The molecule has 23 heavy (non-hydrogen) atoms. The smallest absolute Gasteiger partial charge is 0.337 e. The monoisotopic (exact) mass is 312 g/mol. The van der Waals surface area contributed by atoms with Crippen molar-refractivity contribution in [3.63, 3.8) is 0 Å². The largest absolute Gasteiger partial charge is 0.465 e. The third-order valence-corrected chi connectivity index (χ3v) is 3.29. The number of rotatable bonds is 6. The lowest BCUT2D eigenvalue weighted by Gasteiger charge is -2.08. The second-order valence-electron chi connectivity index (χ2n) is 5.16. The molecule has 2 N–H and O–H groups in total. The van der Waals surface area contributed by atoms with Crippen LogP contribution in [0.5, 0.6) is 0 Å². The van der Waals surface area contributed by atoms with Crippen molar-refractivity contribution >= 4 is 23.3 Å². The molecule has 0 aromatic heterocycles. The number of anilines is 2. The number of hydrogen-bond acceptors (Lipinski definition) is 4. The second-order valence-corrected chi connectivity index (χ2v) is 5.16. The molecule has 0 fully saturated rings. The third kappa shape index (κ3) is 5.14. The molecule has 0 saturated heterocycles. The average molecular weight is 312 g/mol. The van der Waals surface area contributed by atoms with Crippen LogP contribution in [0.4, 0.5) is 11.4 Å². The summed E-state index contributed by atoms with van der Waals surface area (Å²) in [4.78, 5) is 23.2. The van der Waals surface area contributed by atoms with Crippen molar-refractivity contribution in [1.82, 2.24) is 0 Å². The minimum absolute atomic E-state index is 0.0871. The van der Waals surface area contributed by atoms with Gasteiger partial charge in [0.25, 0.3) is 0 Å². The summed E-state index contributed by atoms with van der Waals surface area (Å²) in [6.07, 6.45) is 0.354. The first-order valence-corrected chi connectivity index (χ1v) is 7.37. The van der Waals surface area contributed by atoms with Gasteiger partial charge in [0.1, 0.15) is 0 Å². The topological polar surface area (TPSA) is 67.4 Å². The fraction of sp³-hybridized carbons (Fsp3) is 0.222. The van der Waals surface area contributed by atoms with E-state index < -0.39 is 5.97 Å². The third-order valence-electron chi connectivity index (χ3n) is 3.29. The Morgan fingerprint density at radius 2 is 1.78 bits per heavy atom. The fourth-order valence-electron chi connectivity index (χ4n) is 2.11. The molecule has 2 rings (SSSR count). The van der Waals surface area contributed by atoms with Crippen molar-refractivity contribution in [3.05, 3.63) is 59.7 Å². The molecule has 0 aliphatic carbocycles. The van der Waals surface area contributed by atoms with E-state index in [9.17, 15) is 9.59 Å². The van der Waals surface area contributed by atoms with Gasteiger partial charge in [0.05, 0.1) is 12.7 Å². The molecule has 0 spiro atoms. The number of benzene rings is 2. The van der Waals surface area contributed by atoms with Gasteiger partial charge in [-0.05, 0) is 48.9 Å². The van der Waals surface area contributed by atoms with Crippen LogP contribution in [0.15, 0.2) is 48.5 Å². The summed E-state index contributed by atoms with van der Waals surface area (Å²) in [6.45, 7) is 2.57. The molecule has 1 amide bonds. The molecule has 5 nitrogen and oxygen atoms in total.